The average Bonchev–Trinajstić information content (AvgIpc) is 2.75. The van der Waals surface area contributed by atoms with E-state index in [1.54, 1.807) is 12.1 Å². The highest BCUT2D eigenvalue weighted by atomic mass is 19.1. The second-order valence-electron chi connectivity index (χ2n) is 7.88. The molecule has 29 heavy (non-hydrogen) atoms. The largest absolute Gasteiger partial charge is 0.490 e. The van der Waals surface area contributed by atoms with Gasteiger partial charge in [0.15, 0.2) is 0 Å². The smallest absolute Gasteiger partial charge is 0.123 e. The molecule has 0 saturated carbocycles. The maximum atomic E-state index is 13.0. The van der Waals surface area contributed by atoms with Crippen molar-refractivity contribution >= 4 is 10.8 Å². The van der Waals surface area contributed by atoms with Gasteiger partial charge in [-0.2, -0.15) is 0 Å². The van der Waals surface area contributed by atoms with E-state index in [0.717, 1.165) is 50.2 Å². The summed E-state index contributed by atoms with van der Waals surface area (Å²) in [6.45, 7) is 3.01. The van der Waals surface area contributed by atoms with Crippen LogP contribution in [0.1, 0.15) is 37.4 Å². The fourth-order valence-electron chi connectivity index (χ4n) is 4.04. The zero-order valence-corrected chi connectivity index (χ0v) is 16.6. The van der Waals surface area contributed by atoms with Crippen molar-refractivity contribution in [3.8, 4) is 5.75 Å². The van der Waals surface area contributed by atoms with E-state index in [2.05, 4.69) is 47.4 Å². The molecule has 3 aromatic carbocycles. The third-order valence-corrected chi connectivity index (χ3v) is 5.76. The van der Waals surface area contributed by atoms with Gasteiger partial charge in [-0.05, 0) is 72.8 Å². The molecule has 3 aromatic rings. The Morgan fingerprint density at radius 2 is 1.69 bits per heavy atom. The summed E-state index contributed by atoms with van der Waals surface area (Å²) in [6, 6.07) is 20.8. The van der Waals surface area contributed by atoms with Crippen molar-refractivity contribution in [3.05, 3.63) is 78.1 Å². The van der Waals surface area contributed by atoms with Crippen molar-refractivity contribution in [2.75, 3.05) is 19.6 Å². The van der Waals surface area contributed by atoms with Crippen LogP contribution < -0.4 is 4.74 Å². The lowest BCUT2D eigenvalue weighted by molar-refractivity contribution is 0.0945. The number of aliphatic hydroxyl groups is 1. The molecule has 1 saturated heterocycles. The number of halogens is 1. The fourth-order valence-corrected chi connectivity index (χ4v) is 4.04. The van der Waals surface area contributed by atoms with Gasteiger partial charge in [-0.1, -0.05) is 42.5 Å². The highest BCUT2D eigenvalue weighted by molar-refractivity contribution is 5.83. The molecule has 152 valence electrons. The van der Waals surface area contributed by atoms with E-state index in [-0.39, 0.29) is 11.9 Å². The summed E-state index contributed by atoms with van der Waals surface area (Å²) < 4.78 is 19.2. The molecule has 1 aliphatic heterocycles. The minimum absolute atomic E-state index is 0.261. The number of piperidine rings is 1. The number of ether oxygens (including phenoxy) is 1. The van der Waals surface area contributed by atoms with Crippen LogP contribution in [-0.4, -0.2) is 35.7 Å². The first-order valence-electron chi connectivity index (χ1n) is 10.5. The van der Waals surface area contributed by atoms with Crippen molar-refractivity contribution in [2.45, 2.75) is 37.9 Å². The van der Waals surface area contributed by atoms with E-state index < -0.39 is 6.10 Å². The number of fused-ring (bicyclic) bond motifs is 1. The van der Waals surface area contributed by atoms with Crippen molar-refractivity contribution in [1.82, 2.24) is 4.90 Å². The maximum absolute atomic E-state index is 13.0. The van der Waals surface area contributed by atoms with Crippen LogP contribution in [0, 0.1) is 5.82 Å². The third kappa shape index (κ3) is 5.34. The first-order chi connectivity index (χ1) is 14.2. The maximum Gasteiger partial charge on any atom is 0.123 e. The summed E-state index contributed by atoms with van der Waals surface area (Å²) in [4.78, 5) is 2.44. The Balaban J connectivity index is 1.19. The van der Waals surface area contributed by atoms with Gasteiger partial charge in [0.25, 0.3) is 0 Å². The van der Waals surface area contributed by atoms with Gasteiger partial charge in [0.2, 0.25) is 0 Å². The zero-order valence-electron chi connectivity index (χ0n) is 16.6. The molecule has 0 bridgehead atoms. The van der Waals surface area contributed by atoms with Crippen LogP contribution in [0.3, 0.4) is 0 Å². The molecule has 1 N–H and O–H groups in total. The Kier molecular flexibility index (Phi) is 6.43. The second kappa shape index (κ2) is 9.38. The van der Waals surface area contributed by atoms with Crippen LogP contribution in [-0.2, 0) is 0 Å². The summed E-state index contributed by atoms with van der Waals surface area (Å²) in [7, 11) is 0. The van der Waals surface area contributed by atoms with Gasteiger partial charge >= 0.3 is 0 Å². The topological polar surface area (TPSA) is 32.7 Å². The molecular weight excluding hydrogens is 365 g/mol. The van der Waals surface area contributed by atoms with Crippen molar-refractivity contribution < 1.29 is 14.2 Å². The number of rotatable bonds is 7. The van der Waals surface area contributed by atoms with Gasteiger partial charge < -0.3 is 14.7 Å². The summed E-state index contributed by atoms with van der Waals surface area (Å²) in [6.07, 6.45) is 3.40. The second-order valence-corrected chi connectivity index (χ2v) is 7.88. The van der Waals surface area contributed by atoms with E-state index in [9.17, 15) is 9.50 Å². The molecule has 0 spiro atoms. The monoisotopic (exact) mass is 393 g/mol. The van der Waals surface area contributed by atoms with Gasteiger partial charge in [-0.25, -0.2) is 4.39 Å². The molecule has 1 fully saturated rings. The van der Waals surface area contributed by atoms with Crippen LogP contribution in [0.2, 0.25) is 0 Å². The molecule has 4 rings (SSSR count). The molecular formula is C25H28FNO2. The van der Waals surface area contributed by atoms with Crippen LogP contribution >= 0.6 is 0 Å². The minimum atomic E-state index is -0.524. The minimum Gasteiger partial charge on any atom is -0.490 e. The predicted molar refractivity (Wildman–Crippen MR) is 115 cm³/mol. The molecule has 0 aromatic heterocycles. The van der Waals surface area contributed by atoms with Gasteiger partial charge in [0, 0.05) is 13.1 Å². The van der Waals surface area contributed by atoms with Gasteiger partial charge in [-0.3, -0.25) is 0 Å². The van der Waals surface area contributed by atoms with Crippen molar-refractivity contribution in [1.29, 1.82) is 0 Å². The van der Waals surface area contributed by atoms with E-state index in [1.165, 1.54) is 22.9 Å². The average molecular weight is 394 g/mol. The number of nitrogens with zero attached hydrogens (tertiary/aromatic N) is 1. The SMILES string of the molecule is OC(CCCN1CCC(Oc2ccc3ccccc3c2)CC1)c1ccc(F)cc1. The molecule has 0 amide bonds. The van der Waals surface area contributed by atoms with Crippen molar-refractivity contribution in [3.63, 3.8) is 0 Å². The Labute approximate surface area is 171 Å². The Morgan fingerprint density at radius 3 is 2.45 bits per heavy atom. The Bertz CT molecular complexity index is 920. The molecule has 1 aliphatic rings. The molecule has 1 unspecified atom stereocenters. The highest BCUT2D eigenvalue weighted by Crippen LogP contribution is 2.24. The fraction of sp³-hybridized carbons (Fsp3) is 0.360. The van der Waals surface area contributed by atoms with E-state index in [1.807, 2.05) is 0 Å². The van der Waals surface area contributed by atoms with Crippen LogP contribution in [0.25, 0.3) is 10.8 Å². The third-order valence-electron chi connectivity index (χ3n) is 5.76. The van der Waals surface area contributed by atoms with Gasteiger partial charge in [0.05, 0.1) is 6.10 Å². The number of aliphatic hydroxyl groups excluding tert-OH is 1. The Hall–Kier alpha value is -2.43. The quantitative estimate of drug-likeness (QED) is 0.588. The standard InChI is InChI=1S/C25H28FNO2/c26-22-10-7-20(8-11-22)25(28)6-3-15-27-16-13-23(14-17-27)29-24-12-9-19-4-1-2-5-21(19)18-24/h1-2,4-5,7-12,18,23,25,28H,3,6,13-17H2. The molecule has 1 heterocycles. The Morgan fingerprint density at radius 1 is 0.966 bits per heavy atom. The summed E-state index contributed by atoms with van der Waals surface area (Å²) >= 11 is 0. The highest BCUT2D eigenvalue weighted by Gasteiger charge is 2.20. The summed E-state index contributed by atoms with van der Waals surface area (Å²) in [5.74, 6) is 0.680. The zero-order chi connectivity index (χ0) is 20.1. The number of hydrogen-bond donors (Lipinski definition) is 1. The van der Waals surface area contributed by atoms with E-state index >= 15 is 0 Å². The van der Waals surface area contributed by atoms with Crippen LogP contribution in [0.15, 0.2) is 66.7 Å². The molecule has 0 radical (unpaired) electrons. The van der Waals surface area contributed by atoms with Crippen LogP contribution in [0.4, 0.5) is 4.39 Å². The molecule has 1 atom stereocenters. The number of benzene rings is 3. The predicted octanol–water partition coefficient (Wildman–Crippen LogP) is 5.34. The lowest BCUT2D eigenvalue weighted by Crippen LogP contribution is -2.38. The van der Waals surface area contributed by atoms with E-state index in [4.69, 9.17) is 4.74 Å². The lowest BCUT2D eigenvalue weighted by Gasteiger charge is -2.32. The van der Waals surface area contributed by atoms with Gasteiger partial charge in [0.1, 0.15) is 17.7 Å². The van der Waals surface area contributed by atoms with Gasteiger partial charge in [-0.15, -0.1) is 0 Å². The van der Waals surface area contributed by atoms with E-state index in [0.29, 0.717) is 6.42 Å². The van der Waals surface area contributed by atoms with Crippen molar-refractivity contribution in [2.24, 2.45) is 0 Å². The summed E-state index contributed by atoms with van der Waals surface area (Å²) in [5.41, 5.74) is 0.786. The molecule has 4 heteroatoms. The summed E-state index contributed by atoms with van der Waals surface area (Å²) in [5, 5.41) is 12.7. The molecule has 0 aliphatic carbocycles. The normalized spacial score (nSPS) is 16.8. The first-order valence-corrected chi connectivity index (χ1v) is 10.5. The lowest BCUT2D eigenvalue weighted by atomic mass is 10.0. The number of likely N-dealkylation sites (tertiary alicyclic amines) is 1. The first kappa shape index (κ1) is 19.9. The molecule has 3 nitrogen and oxygen atoms in total. The van der Waals surface area contributed by atoms with Crippen LogP contribution in [0.5, 0.6) is 5.75 Å². The number of hydrogen-bond acceptors (Lipinski definition) is 3.